The first-order valence-electron chi connectivity index (χ1n) is 15.0. The zero-order valence-corrected chi connectivity index (χ0v) is 25.1. The van der Waals surface area contributed by atoms with Crippen LogP contribution in [0.4, 0.5) is 13.6 Å². The highest BCUT2D eigenvalue weighted by molar-refractivity contribution is 5.94. The first-order valence-corrected chi connectivity index (χ1v) is 15.0. The number of hydrogen-bond donors (Lipinski definition) is 0. The highest BCUT2D eigenvalue weighted by Crippen LogP contribution is 2.60. The van der Waals surface area contributed by atoms with Crippen LogP contribution in [0.1, 0.15) is 104 Å². The number of aromatic nitrogens is 1. The molecule has 0 unspecified atom stereocenters. The zero-order chi connectivity index (χ0) is 30.0. The summed E-state index contributed by atoms with van der Waals surface area (Å²) in [6, 6.07) is 11.6. The summed E-state index contributed by atoms with van der Waals surface area (Å²) in [6.07, 6.45) is 4.93. The van der Waals surface area contributed by atoms with Gasteiger partial charge in [0, 0.05) is 37.0 Å². The van der Waals surface area contributed by atoms with E-state index in [4.69, 9.17) is 9.47 Å². The van der Waals surface area contributed by atoms with Gasteiger partial charge in [0.1, 0.15) is 5.60 Å². The number of nitrogens with zero attached hydrogens (tertiary/aromatic N) is 2. The largest absolute Gasteiger partial charge is 0.465 e. The maximum absolute atomic E-state index is 14.1. The van der Waals surface area contributed by atoms with Gasteiger partial charge in [-0.05, 0) is 112 Å². The molecular weight excluding hydrogens is 538 g/mol. The summed E-state index contributed by atoms with van der Waals surface area (Å²) >= 11 is 0. The molecule has 1 saturated heterocycles. The Hall–Kier alpha value is -3.26. The molecule has 2 aromatic carbocycles. The van der Waals surface area contributed by atoms with Crippen molar-refractivity contribution in [2.75, 3.05) is 13.7 Å². The van der Waals surface area contributed by atoms with E-state index in [1.807, 2.05) is 45.9 Å². The first kappa shape index (κ1) is 28.8. The monoisotopic (exact) mass is 578 g/mol. The Morgan fingerprint density at radius 2 is 1.76 bits per heavy atom. The Labute approximate surface area is 246 Å². The lowest BCUT2D eigenvalue weighted by Gasteiger charge is -2.54. The van der Waals surface area contributed by atoms with Crippen LogP contribution in [-0.2, 0) is 16.0 Å². The normalized spacial score (nSPS) is 21.7. The number of aryl methyl sites for hydroxylation is 1. The summed E-state index contributed by atoms with van der Waals surface area (Å²) in [6.45, 7) is 8.98. The van der Waals surface area contributed by atoms with Gasteiger partial charge in [-0.2, -0.15) is 0 Å². The molecule has 2 aliphatic carbocycles. The van der Waals surface area contributed by atoms with Crippen LogP contribution < -0.4 is 0 Å². The van der Waals surface area contributed by atoms with Gasteiger partial charge in [0.2, 0.25) is 5.92 Å². The van der Waals surface area contributed by atoms with Crippen LogP contribution >= 0.6 is 0 Å². The van der Waals surface area contributed by atoms with E-state index in [2.05, 4.69) is 11.0 Å². The molecule has 3 aromatic rings. The summed E-state index contributed by atoms with van der Waals surface area (Å²) in [7, 11) is 1.36. The van der Waals surface area contributed by atoms with Gasteiger partial charge >= 0.3 is 12.1 Å². The number of halogens is 2. The molecule has 0 N–H and O–H groups in total. The molecule has 1 aliphatic heterocycles. The molecule has 0 bridgehead atoms. The van der Waals surface area contributed by atoms with Gasteiger partial charge in [-0.25, -0.2) is 18.4 Å². The van der Waals surface area contributed by atoms with Gasteiger partial charge in [-0.15, -0.1) is 0 Å². The van der Waals surface area contributed by atoms with Crippen LogP contribution in [0.15, 0.2) is 42.6 Å². The third-order valence-corrected chi connectivity index (χ3v) is 9.25. The number of methoxy groups -OCH3 is 1. The fourth-order valence-corrected chi connectivity index (χ4v) is 7.25. The Morgan fingerprint density at radius 3 is 2.36 bits per heavy atom. The summed E-state index contributed by atoms with van der Waals surface area (Å²) in [5.41, 5.74) is 4.91. The van der Waals surface area contributed by atoms with Crippen LogP contribution in [0.5, 0.6) is 0 Å². The van der Waals surface area contributed by atoms with Gasteiger partial charge < -0.3 is 9.47 Å². The second-order valence-corrected chi connectivity index (χ2v) is 13.7. The van der Waals surface area contributed by atoms with Crippen molar-refractivity contribution in [1.29, 1.82) is 0 Å². The number of carbonyl (C=O) groups excluding carboxylic acids is 2. The predicted molar refractivity (Wildman–Crippen MR) is 157 cm³/mol. The number of rotatable bonds is 5. The van der Waals surface area contributed by atoms with E-state index in [-0.39, 0.29) is 24.3 Å². The Balaban J connectivity index is 1.38. The van der Waals surface area contributed by atoms with E-state index < -0.39 is 23.6 Å². The maximum Gasteiger partial charge on any atom is 0.418 e. The van der Waals surface area contributed by atoms with Gasteiger partial charge in [0.25, 0.3) is 0 Å². The first-order chi connectivity index (χ1) is 19.8. The Bertz CT molecular complexity index is 1520. The highest BCUT2D eigenvalue weighted by atomic mass is 19.3. The highest BCUT2D eigenvalue weighted by Gasteiger charge is 2.58. The number of piperidine rings is 1. The minimum absolute atomic E-state index is 0.0641. The Morgan fingerprint density at radius 1 is 1.07 bits per heavy atom. The molecule has 1 spiro atoms. The molecule has 6 nitrogen and oxygen atoms in total. The van der Waals surface area contributed by atoms with E-state index >= 15 is 0 Å². The van der Waals surface area contributed by atoms with Crippen molar-refractivity contribution in [3.05, 3.63) is 70.4 Å². The van der Waals surface area contributed by atoms with Crippen LogP contribution in [0.25, 0.3) is 10.9 Å². The fourth-order valence-electron chi connectivity index (χ4n) is 7.25. The van der Waals surface area contributed by atoms with Gasteiger partial charge in [0.15, 0.2) is 0 Å². The van der Waals surface area contributed by atoms with Crippen LogP contribution in [0.2, 0.25) is 0 Å². The molecule has 2 saturated carbocycles. The molecule has 0 radical (unpaired) electrons. The third-order valence-electron chi connectivity index (χ3n) is 9.25. The average Bonchev–Trinajstić information content (AvgIpc) is 3.65. The second-order valence-electron chi connectivity index (χ2n) is 13.7. The number of alkyl halides is 2. The zero-order valence-electron chi connectivity index (χ0n) is 25.1. The number of esters is 1. The Kier molecular flexibility index (Phi) is 6.99. The summed E-state index contributed by atoms with van der Waals surface area (Å²) in [4.78, 5) is 27.6. The number of likely N-dealkylation sites (tertiary alicyclic amines) is 1. The topological polar surface area (TPSA) is 60.8 Å². The summed E-state index contributed by atoms with van der Waals surface area (Å²) in [5, 5.41) is 1.04. The van der Waals surface area contributed by atoms with Crippen molar-refractivity contribution in [1.82, 2.24) is 9.47 Å². The van der Waals surface area contributed by atoms with Crippen LogP contribution in [0.3, 0.4) is 0 Å². The standard InChI is InChI=1S/C34H40F2N2O4/c1-21-16-26(22-6-7-22)27(25-12-14-38(29(21)25)31(40)42-32(2,3)4)18-37-15-13-33(19-34(35,36)20-33)17-28(37)23-8-10-24(11-9-23)30(39)41-5/h8-12,14,16,22,28H,6-7,13,15,17-20H2,1-5H3/t28-/m0/s1. The number of ether oxygens (including phenoxy) is 2. The van der Waals surface area contributed by atoms with Gasteiger partial charge in [-0.1, -0.05) is 18.2 Å². The number of benzene rings is 2. The molecule has 3 fully saturated rings. The molecule has 1 atom stereocenters. The molecule has 42 heavy (non-hydrogen) atoms. The van der Waals surface area contributed by atoms with Crippen molar-refractivity contribution < 1.29 is 27.8 Å². The molecule has 2 heterocycles. The van der Waals surface area contributed by atoms with E-state index in [0.29, 0.717) is 31.0 Å². The minimum atomic E-state index is -2.59. The summed E-state index contributed by atoms with van der Waals surface area (Å²) in [5.74, 6) is -2.50. The lowest BCUT2D eigenvalue weighted by Crippen LogP contribution is -2.53. The molecule has 8 heteroatoms. The minimum Gasteiger partial charge on any atom is -0.465 e. The number of hydrogen-bond acceptors (Lipinski definition) is 5. The fraction of sp³-hybridized carbons (Fsp3) is 0.529. The van der Waals surface area contributed by atoms with Crippen LogP contribution in [0, 0.1) is 12.3 Å². The van der Waals surface area contributed by atoms with Crippen molar-refractivity contribution in [2.45, 2.75) is 96.2 Å². The van der Waals surface area contributed by atoms with Crippen molar-refractivity contribution in [3.8, 4) is 0 Å². The van der Waals surface area contributed by atoms with Crippen LogP contribution in [-0.4, -0.2) is 46.7 Å². The summed E-state index contributed by atoms with van der Waals surface area (Å²) < 4.78 is 40.5. The lowest BCUT2D eigenvalue weighted by molar-refractivity contribution is -0.186. The molecule has 3 aliphatic rings. The van der Waals surface area contributed by atoms with Gasteiger partial charge in [0.05, 0.1) is 18.2 Å². The van der Waals surface area contributed by atoms with Gasteiger partial charge in [-0.3, -0.25) is 9.47 Å². The quantitative estimate of drug-likeness (QED) is 0.286. The van der Waals surface area contributed by atoms with Crippen molar-refractivity contribution in [2.24, 2.45) is 5.41 Å². The van der Waals surface area contributed by atoms with Crippen molar-refractivity contribution >= 4 is 23.0 Å². The average molecular weight is 579 g/mol. The predicted octanol–water partition coefficient (Wildman–Crippen LogP) is 8.15. The number of fused-ring (bicyclic) bond motifs is 1. The van der Waals surface area contributed by atoms with E-state index in [9.17, 15) is 18.4 Å². The maximum atomic E-state index is 14.1. The molecule has 224 valence electrons. The third kappa shape index (κ3) is 5.46. The van der Waals surface area contributed by atoms with E-state index in [0.717, 1.165) is 41.3 Å². The smallest absolute Gasteiger partial charge is 0.418 e. The lowest BCUT2D eigenvalue weighted by atomic mass is 9.59. The van der Waals surface area contributed by atoms with E-state index in [1.165, 1.54) is 18.2 Å². The molecular formula is C34H40F2N2O4. The molecule has 6 rings (SSSR count). The molecule has 1 aromatic heterocycles. The molecule has 0 amide bonds. The second kappa shape index (κ2) is 10.2. The number of carbonyl (C=O) groups is 2. The van der Waals surface area contributed by atoms with Crippen molar-refractivity contribution in [3.63, 3.8) is 0 Å². The SMILES string of the molecule is COC(=O)c1ccc([C@@H]2CC3(CCN2Cc2c(C4CC4)cc(C)c4c2ccn4C(=O)OC(C)(C)C)CC(F)(F)C3)cc1. The van der Waals surface area contributed by atoms with E-state index in [1.54, 1.807) is 22.9 Å².